The van der Waals surface area contributed by atoms with E-state index >= 15 is 0 Å². The number of methoxy groups -OCH3 is 2. The molecule has 4 aromatic rings. The van der Waals surface area contributed by atoms with Crippen molar-refractivity contribution in [2.24, 2.45) is 0 Å². The van der Waals surface area contributed by atoms with Gasteiger partial charge >= 0.3 is 12.4 Å². The van der Waals surface area contributed by atoms with Crippen LogP contribution in [0, 0.1) is 0 Å². The lowest BCUT2D eigenvalue weighted by atomic mass is 9.94. The predicted molar refractivity (Wildman–Crippen MR) is 171 cm³/mol. The van der Waals surface area contributed by atoms with Crippen LogP contribution in [0.3, 0.4) is 0 Å². The molecule has 0 aliphatic carbocycles. The minimum Gasteiger partial charge on any atom is -0.497 e. The number of alkyl halides is 6. The molecule has 4 aromatic carbocycles. The summed E-state index contributed by atoms with van der Waals surface area (Å²) in [7, 11) is 3.11. The Balaban J connectivity index is 1.23. The van der Waals surface area contributed by atoms with E-state index in [1.54, 1.807) is 50.6 Å². The van der Waals surface area contributed by atoms with Gasteiger partial charge in [0.1, 0.15) is 17.6 Å². The molecular weight excluding hydrogens is 634 g/mol. The number of hydrogen-bond acceptors (Lipinski definition) is 5. The second-order valence-corrected chi connectivity index (χ2v) is 11.7. The SMILES string of the molecule is COc1ccc(C(OCCCN2CCN(C(c3ccc(OC)cc3)c3cccc(C(F)(F)F)c3)CC2)c2cccc(C(F)(F)F)c2)cc1. The van der Waals surface area contributed by atoms with Gasteiger partial charge in [-0.25, -0.2) is 0 Å². The molecule has 5 nitrogen and oxygen atoms in total. The number of halogens is 6. The van der Waals surface area contributed by atoms with E-state index in [4.69, 9.17) is 14.2 Å². The normalized spacial score (nSPS) is 16.0. The molecule has 0 saturated carbocycles. The minimum absolute atomic E-state index is 0.311. The van der Waals surface area contributed by atoms with E-state index in [9.17, 15) is 26.3 Å². The summed E-state index contributed by atoms with van der Waals surface area (Å²) in [6.45, 7) is 3.66. The zero-order valence-corrected chi connectivity index (χ0v) is 26.7. The minimum atomic E-state index is -4.48. The lowest BCUT2D eigenvalue weighted by molar-refractivity contribution is -0.138. The van der Waals surface area contributed by atoms with Crippen LogP contribution in [0.25, 0.3) is 0 Å². The van der Waals surface area contributed by atoms with E-state index < -0.39 is 29.6 Å². The Morgan fingerprint density at radius 2 is 1.10 bits per heavy atom. The van der Waals surface area contributed by atoms with Gasteiger partial charge in [0, 0.05) is 39.3 Å². The standard InChI is InChI=1S/C37H38F6N2O3/c1-46-32-14-10-26(11-15-32)34(28-6-3-8-30(24-28)36(38,39)40)45-21-19-44(20-22-45)18-5-23-48-35(27-12-16-33(47-2)17-13-27)29-7-4-9-31(25-29)37(41,42)43/h3-4,6-17,24-25,34-35H,5,18-23H2,1-2H3. The molecule has 1 aliphatic rings. The molecule has 0 radical (unpaired) electrons. The molecule has 0 N–H and O–H groups in total. The third-order valence-electron chi connectivity index (χ3n) is 8.57. The van der Waals surface area contributed by atoms with Crippen LogP contribution in [-0.2, 0) is 17.1 Å². The van der Waals surface area contributed by atoms with Crippen molar-refractivity contribution < 1.29 is 40.6 Å². The van der Waals surface area contributed by atoms with E-state index in [1.807, 2.05) is 24.3 Å². The Bertz CT molecular complexity index is 1600. The highest BCUT2D eigenvalue weighted by atomic mass is 19.4. The van der Waals surface area contributed by atoms with Crippen molar-refractivity contribution in [3.8, 4) is 11.5 Å². The lowest BCUT2D eigenvalue weighted by Gasteiger charge is -2.40. The molecule has 256 valence electrons. The van der Waals surface area contributed by atoms with E-state index in [0.717, 1.165) is 23.8 Å². The van der Waals surface area contributed by atoms with Gasteiger partial charge in [0.25, 0.3) is 0 Å². The molecule has 48 heavy (non-hydrogen) atoms. The Labute approximate surface area is 276 Å². The third kappa shape index (κ3) is 8.89. The summed E-state index contributed by atoms with van der Waals surface area (Å²) in [5, 5.41) is 0. The summed E-state index contributed by atoms with van der Waals surface area (Å²) in [6.07, 6.45) is -8.99. The van der Waals surface area contributed by atoms with Gasteiger partial charge in [-0.1, -0.05) is 48.5 Å². The maximum absolute atomic E-state index is 13.6. The molecule has 0 spiro atoms. The fraction of sp³-hybridized carbons (Fsp3) is 0.351. The Kier molecular flexibility index (Phi) is 11.3. The van der Waals surface area contributed by atoms with Crippen molar-refractivity contribution in [2.45, 2.75) is 30.9 Å². The maximum Gasteiger partial charge on any atom is 0.416 e. The first-order valence-electron chi connectivity index (χ1n) is 15.7. The molecule has 1 heterocycles. The van der Waals surface area contributed by atoms with Crippen molar-refractivity contribution >= 4 is 0 Å². The molecule has 1 aliphatic heterocycles. The van der Waals surface area contributed by atoms with Crippen LogP contribution in [0.15, 0.2) is 97.1 Å². The zero-order chi connectivity index (χ0) is 34.3. The highest BCUT2D eigenvalue weighted by molar-refractivity contribution is 5.39. The predicted octanol–water partition coefficient (Wildman–Crippen LogP) is 8.64. The maximum atomic E-state index is 13.6. The summed E-state index contributed by atoms with van der Waals surface area (Å²) in [6, 6.07) is 24.8. The molecule has 0 aromatic heterocycles. The Morgan fingerprint density at radius 1 is 0.604 bits per heavy atom. The Hall–Kier alpha value is -4.06. The topological polar surface area (TPSA) is 34.2 Å². The van der Waals surface area contributed by atoms with Crippen molar-refractivity contribution in [1.29, 1.82) is 0 Å². The Morgan fingerprint density at radius 3 is 1.62 bits per heavy atom. The second-order valence-electron chi connectivity index (χ2n) is 11.7. The average molecular weight is 673 g/mol. The molecule has 0 amide bonds. The first kappa shape index (κ1) is 35.3. The van der Waals surface area contributed by atoms with Crippen LogP contribution in [0.1, 0.15) is 51.9 Å². The van der Waals surface area contributed by atoms with Crippen molar-refractivity contribution in [3.05, 3.63) is 130 Å². The van der Waals surface area contributed by atoms with Crippen LogP contribution >= 0.6 is 0 Å². The number of piperazine rings is 1. The van der Waals surface area contributed by atoms with Crippen LogP contribution in [0.4, 0.5) is 26.3 Å². The number of rotatable bonds is 12. The van der Waals surface area contributed by atoms with Gasteiger partial charge in [0.15, 0.2) is 0 Å². The number of ether oxygens (including phenoxy) is 3. The molecule has 11 heteroatoms. The first-order valence-corrected chi connectivity index (χ1v) is 15.7. The highest BCUT2D eigenvalue weighted by Crippen LogP contribution is 2.36. The smallest absolute Gasteiger partial charge is 0.416 e. The first-order chi connectivity index (χ1) is 23.0. The largest absolute Gasteiger partial charge is 0.497 e. The fourth-order valence-electron chi connectivity index (χ4n) is 6.06. The zero-order valence-electron chi connectivity index (χ0n) is 26.7. The number of hydrogen-bond donors (Lipinski definition) is 0. The summed E-state index contributed by atoms with van der Waals surface area (Å²) in [4.78, 5) is 4.46. The number of nitrogens with zero attached hydrogens (tertiary/aromatic N) is 2. The molecule has 1 saturated heterocycles. The van der Waals surface area contributed by atoms with Gasteiger partial charge in [-0.2, -0.15) is 26.3 Å². The summed E-state index contributed by atoms with van der Waals surface area (Å²) in [5.41, 5.74) is 1.13. The second kappa shape index (κ2) is 15.4. The molecule has 0 bridgehead atoms. The molecule has 1 fully saturated rings. The summed E-state index contributed by atoms with van der Waals surface area (Å²) in [5.74, 6) is 1.29. The van der Waals surface area contributed by atoms with Gasteiger partial charge in [-0.05, 0) is 77.2 Å². The number of benzene rings is 4. The fourth-order valence-corrected chi connectivity index (χ4v) is 6.06. The van der Waals surface area contributed by atoms with Crippen molar-refractivity contribution in [3.63, 3.8) is 0 Å². The monoisotopic (exact) mass is 672 g/mol. The van der Waals surface area contributed by atoms with Crippen molar-refractivity contribution in [2.75, 3.05) is 53.6 Å². The van der Waals surface area contributed by atoms with E-state index in [0.29, 0.717) is 73.9 Å². The van der Waals surface area contributed by atoms with E-state index in [1.165, 1.54) is 18.2 Å². The van der Waals surface area contributed by atoms with Crippen molar-refractivity contribution in [1.82, 2.24) is 9.80 Å². The average Bonchev–Trinajstić information content (AvgIpc) is 3.09. The van der Waals surface area contributed by atoms with E-state index in [-0.39, 0.29) is 6.04 Å². The van der Waals surface area contributed by atoms with Gasteiger partial charge in [0.05, 0.1) is 31.4 Å². The van der Waals surface area contributed by atoms with Crippen LogP contribution < -0.4 is 9.47 Å². The third-order valence-corrected chi connectivity index (χ3v) is 8.57. The van der Waals surface area contributed by atoms with Crippen LogP contribution in [0.2, 0.25) is 0 Å². The highest BCUT2D eigenvalue weighted by Gasteiger charge is 2.33. The molecule has 2 unspecified atom stereocenters. The van der Waals surface area contributed by atoms with Gasteiger partial charge in [0.2, 0.25) is 0 Å². The van der Waals surface area contributed by atoms with Gasteiger partial charge < -0.3 is 19.1 Å². The molecule has 5 rings (SSSR count). The van der Waals surface area contributed by atoms with Crippen LogP contribution in [-0.4, -0.2) is 63.4 Å². The summed E-state index contributed by atoms with van der Waals surface area (Å²) >= 11 is 0. The lowest BCUT2D eigenvalue weighted by Crippen LogP contribution is -2.48. The molecular formula is C37H38F6N2O3. The van der Waals surface area contributed by atoms with Gasteiger partial charge in [-0.3, -0.25) is 4.90 Å². The molecule has 2 atom stereocenters. The van der Waals surface area contributed by atoms with Crippen LogP contribution in [0.5, 0.6) is 11.5 Å². The quantitative estimate of drug-likeness (QED) is 0.111. The van der Waals surface area contributed by atoms with Gasteiger partial charge in [-0.15, -0.1) is 0 Å². The summed E-state index contributed by atoms with van der Waals surface area (Å²) < 4.78 is 98.1. The van der Waals surface area contributed by atoms with E-state index in [2.05, 4.69) is 9.80 Å².